The Bertz CT molecular complexity index is 1750. The summed E-state index contributed by atoms with van der Waals surface area (Å²) < 4.78 is 326. The number of ether oxygens (including phenoxy) is 1. The Labute approximate surface area is 391 Å². The summed E-state index contributed by atoms with van der Waals surface area (Å²) in [4.78, 5) is 24.4. The van der Waals surface area contributed by atoms with Gasteiger partial charge in [-0.2, -0.15) is 105 Å². The molecule has 418 valence electrons. The van der Waals surface area contributed by atoms with E-state index in [9.17, 15) is 120 Å². The first kappa shape index (κ1) is 62.6. The molecule has 0 spiro atoms. The quantitative estimate of drug-likeness (QED) is 0.116. The van der Waals surface area contributed by atoms with Gasteiger partial charge in [-0.05, 0) is 108 Å². The number of carbonyl (C=O) groups excluding carboxylic acids is 1. The fraction of sp³-hybridized carbons (Fsp3) is 0.953. The lowest BCUT2D eigenvalue weighted by atomic mass is 9.58. The van der Waals surface area contributed by atoms with E-state index in [0.29, 0.717) is 50.4 Å². The van der Waals surface area contributed by atoms with Crippen molar-refractivity contribution in [1.29, 1.82) is 0 Å². The molecule has 0 aromatic carbocycles. The number of carbonyl (C=O) groups is 2. The summed E-state index contributed by atoms with van der Waals surface area (Å²) in [7, 11) is 0. The summed E-state index contributed by atoms with van der Waals surface area (Å²) in [5, 5.41) is 9.82. The topological polar surface area (TPSA) is 63.6 Å². The maximum atomic E-state index is 14.6. The largest absolute Gasteiger partial charge is 0.481 e. The van der Waals surface area contributed by atoms with Gasteiger partial charge in [-0.3, -0.25) is 9.59 Å². The number of hydrogen-bond donors (Lipinski definition) is 1. The molecule has 4 aliphatic rings. The molecule has 4 saturated carbocycles. The Hall–Kier alpha value is -2.74. The van der Waals surface area contributed by atoms with Gasteiger partial charge in [0.25, 0.3) is 0 Å². The van der Waals surface area contributed by atoms with Crippen LogP contribution in [0.1, 0.15) is 142 Å². The van der Waals surface area contributed by atoms with Crippen molar-refractivity contribution in [1.82, 2.24) is 0 Å². The Balaban J connectivity index is 0.000000377. The number of carboxylic acid groups (broad SMARTS) is 1. The van der Waals surface area contributed by atoms with Crippen LogP contribution in [0.4, 0.5) is 105 Å². The second kappa shape index (κ2) is 21.5. The van der Waals surface area contributed by atoms with Crippen LogP contribution in [0.5, 0.6) is 0 Å². The highest BCUT2D eigenvalue weighted by Gasteiger charge is 2.91. The molecule has 4 nitrogen and oxygen atoms in total. The molecule has 0 atom stereocenters. The molecule has 71 heavy (non-hydrogen) atoms. The number of alkyl halides is 24. The zero-order valence-corrected chi connectivity index (χ0v) is 37.9. The van der Waals surface area contributed by atoms with E-state index in [1.165, 1.54) is 0 Å². The van der Waals surface area contributed by atoms with E-state index in [1.54, 1.807) is 0 Å². The Morgan fingerprint density at radius 1 is 0.437 bits per heavy atom. The first-order chi connectivity index (χ1) is 31.9. The van der Waals surface area contributed by atoms with Crippen LogP contribution in [-0.4, -0.2) is 88.8 Å². The molecule has 0 amide bonds. The molecule has 4 rings (SSSR count). The molecule has 4 fully saturated rings. The van der Waals surface area contributed by atoms with Crippen molar-refractivity contribution >= 4 is 11.9 Å². The van der Waals surface area contributed by atoms with Crippen molar-refractivity contribution < 1.29 is 125 Å². The van der Waals surface area contributed by atoms with Crippen LogP contribution in [0, 0.1) is 40.9 Å². The van der Waals surface area contributed by atoms with E-state index in [2.05, 4.69) is 0 Å². The Morgan fingerprint density at radius 2 is 0.761 bits per heavy atom. The van der Waals surface area contributed by atoms with Crippen molar-refractivity contribution in [3.63, 3.8) is 0 Å². The molecule has 0 saturated heterocycles. The summed E-state index contributed by atoms with van der Waals surface area (Å²) in [5.41, 5.74) is -1.67. The van der Waals surface area contributed by atoms with Gasteiger partial charge in [0.05, 0.1) is 11.3 Å². The highest BCUT2D eigenvalue weighted by Crippen LogP contribution is 2.64. The molecule has 0 aromatic rings. The standard InChI is InChI=1S/C22H27F13O2.C21H27F11O2/c1-2-3-12-4-6-13(7-5-12)16(15(36)37)10-8-14(9-11-16)17(23,24)18(25,26)19(27,28)20(29,30)21(31,32)22(33,34)35;1-2-3-12-4-10-15(11-5-12)34-16(33)13-6-8-14(9-7-13)17(22,23)18(24,25)19(26,27)20(28,29)21(30,31)32/h12-14H,2-11H2,1H3,(H,36,37);12-15H,2-11H2,1H3. The summed E-state index contributed by atoms with van der Waals surface area (Å²) in [5.74, 6) is -73.0. The van der Waals surface area contributed by atoms with E-state index in [1.807, 2.05) is 13.8 Å². The zero-order valence-electron chi connectivity index (χ0n) is 37.9. The summed E-state index contributed by atoms with van der Waals surface area (Å²) in [6, 6.07) is 0. The molecule has 0 unspecified atom stereocenters. The van der Waals surface area contributed by atoms with Gasteiger partial charge in [0.15, 0.2) is 0 Å². The smallest absolute Gasteiger partial charge is 0.460 e. The predicted molar refractivity (Wildman–Crippen MR) is 201 cm³/mol. The van der Waals surface area contributed by atoms with Crippen LogP contribution < -0.4 is 0 Å². The molecule has 0 radical (unpaired) electrons. The highest BCUT2D eigenvalue weighted by atomic mass is 19.4. The van der Waals surface area contributed by atoms with E-state index in [4.69, 9.17) is 4.74 Å². The zero-order chi connectivity index (χ0) is 55.0. The van der Waals surface area contributed by atoms with Gasteiger partial charge in [-0.15, -0.1) is 0 Å². The molecule has 0 bridgehead atoms. The van der Waals surface area contributed by atoms with Gasteiger partial charge in [-0.25, -0.2) is 0 Å². The van der Waals surface area contributed by atoms with E-state index < -0.39 is 158 Å². The number of carboxylic acids is 1. The first-order valence-electron chi connectivity index (χ1n) is 22.9. The monoisotopic (exact) mass is 1090 g/mol. The van der Waals surface area contributed by atoms with Crippen molar-refractivity contribution in [3.8, 4) is 0 Å². The second-order valence-electron chi connectivity index (χ2n) is 19.4. The maximum Gasteiger partial charge on any atom is 0.460 e. The Kier molecular flexibility index (Phi) is 18.9. The average Bonchev–Trinajstić information content (AvgIpc) is 3.26. The van der Waals surface area contributed by atoms with E-state index in [0.717, 1.165) is 38.5 Å². The van der Waals surface area contributed by atoms with Crippen LogP contribution >= 0.6 is 0 Å². The van der Waals surface area contributed by atoms with Crippen LogP contribution in [-0.2, 0) is 14.3 Å². The van der Waals surface area contributed by atoms with Crippen LogP contribution in [0.3, 0.4) is 0 Å². The highest BCUT2D eigenvalue weighted by molar-refractivity contribution is 5.75. The molecule has 28 heteroatoms. The maximum absolute atomic E-state index is 14.6. The third-order valence-electron chi connectivity index (χ3n) is 15.0. The number of rotatable bonds is 17. The van der Waals surface area contributed by atoms with Gasteiger partial charge >= 0.3 is 77.6 Å². The van der Waals surface area contributed by atoms with Crippen molar-refractivity contribution in [2.45, 2.75) is 214 Å². The van der Waals surface area contributed by atoms with Crippen molar-refractivity contribution in [2.75, 3.05) is 0 Å². The summed E-state index contributed by atoms with van der Waals surface area (Å²) >= 11 is 0. The second-order valence-corrected chi connectivity index (χ2v) is 19.4. The van der Waals surface area contributed by atoms with Crippen LogP contribution in [0.15, 0.2) is 0 Å². The molecule has 0 aliphatic heterocycles. The third-order valence-corrected chi connectivity index (χ3v) is 15.0. The van der Waals surface area contributed by atoms with E-state index in [-0.39, 0.29) is 6.10 Å². The van der Waals surface area contributed by atoms with Crippen molar-refractivity contribution in [3.05, 3.63) is 0 Å². The van der Waals surface area contributed by atoms with Crippen LogP contribution in [0.25, 0.3) is 0 Å². The minimum Gasteiger partial charge on any atom is -0.481 e. The Morgan fingerprint density at radius 3 is 1.10 bits per heavy atom. The lowest BCUT2D eigenvalue weighted by molar-refractivity contribution is -0.443. The fourth-order valence-electron chi connectivity index (χ4n) is 10.5. The lowest BCUT2D eigenvalue weighted by Crippen LogP contribution is -2.71. The average molecular weight is 1090 g/mol. The predicted octanol–water partition coefficient (Wildman–Crippen LogP) is 16.4. The van der Waals surface area contributed by atoms with Crippen LogP contribution in [0.2, 0.25) is 0 Å². The van der Waals surface area contributed by atoms with Gasteiger partial charge in [-0.1, -0.05) is 52.4 Å². The van der Waals surface area contributed by atoms with Gasteiger partial charge < -0.3 is 9.84 Å². The molecule has 0 heterocycles. The number of aliphatic carboxylic acids is 1. The molecular weight excluding hydrogens is 1040 g/mol. The van der Waals surface area contributed by atoms with Gasteiger partial charge in [0.1, 0.15) is 6.10 Å². The van der Waals surface area contributed by atoms with Gasteiger partial charge in [0, 0.05) is 11.8 Å². The molecule has 0 aromatic heterocycles. The van der Waals surface area contributed by atoms with Crippen molar-refractivity contribution in [2.24, 2.45) is 40.9 Å². The molecule has 4 aliphatic carbocycles. The first-order valence-corrected chi connectivity index (χ1v) is 22.9. The minimum atomic E-state index is -7.93. The minimum absolute atomic E-state index is 0.310. The summed E-state index contributed by atoms with van der Waals surface area (Å²) in [6.07, 6.45) is -12.9. The number of halogens is 24. The number of hydrogen-bond acceptors (Lipinski definition) is 3. The molecular formula is C43H54F24O4. The lowest BCUT2D eigenvalue weighted by Gasteiger charge is -2.47. The fourth-order valence-corrected chi connectivity index (χ4v) is 10.5. The van der Waals surface area contributed by atoms with E-state index >= 15 is 0 Å². The van der Waals surface area contributed by atoms with Gasteiger partial charge in [0.2, 0.25) is 0 Å². The molecule has 1 N–H and O–H groups in total. The third kappa shape index (κ3) is 11.4. The normalized spacial score (nSPS) is 28.7. The summed E-state index contributed by atoms with van der Waals surface area (Å²) in [6.45, 7) is 4.00. The number of esters is 1. The SMILES string of the molecule is CCCC1CCC(C2(C(=O)O)CCC(C(F)(F)C(F)(F)C(F)(F)C(F)(F)C(F)(F)C(F)(F)F)CC2)CC1.CCCC1CCC(OC(=O)C2CCC(C(F)(F)C(F)(F)C(F)(F)C(F)(F)C(F)(F)F)CC2)CC1.